The van der Waals surface area contributed by atoms with E-state index in [0.717, 1.165) is 4.31 Å². The summed E-state index contributed by atoms with van der Waals surface area (Å²) in [5, 5.41) is 6.14. The van der Waals surface area contributed by atoms with Gasteiger partial charge in [0.2, 0.25) is 5.91 Å². The summed E-state index contributed by atoms with van der Waals surface area (Å²) in [5.74, 6) is -1.22. The maximum atomic E-state index is 13.3. The minimum absolute atomic E-state index is 0.0871. The van der Waals surface area contributed by atoms with Gasteiger partial charge in [-0.2, -0.15) is 4.31 Å². The summed E-state index contributed by atoms with van der Waals surface area (Å²) < 4.78 is 27.0. The van der Waals surface area contributed by atoms with Crippen LogP contribution in [0.3, 0.4) is 0 Å². The molecule has 0 saturated carbocycles. The van der Waals surface area contributed by atoms with Gasteiger partial charge in [-0.05, 0) is 55.5 Å². The van der Waals surface area contributed by atoms with Crippen molar-refractivity contribution in [2.75, 3.05) is 13.1 Å². The Morgan fingerprint density at radius 2 is 1.84 bits per heavy atom. The fourth-order valence-electron chi connectivity index (χ4n) is 4.50. The normalized spacial score (nSPS) is 17.7. The summed E-state index contributed by atoms with van der Waals surface area (Å²) >= 11 is 0. The zero-order valence-corrected chi connectivity index (χ0v) is 22.1. The van der Waals surface area contributed by atoms with Gasteiger partial charge >= 0.3 is 0 Å². The highest BCUT2D eigenvalue weighted by molar-refractivity contribution is 7.89. The number of amides is 2. The van der Waals surface area contributed by atoms with Crippen LogP contribution in [-0.4, -0.2) is 65.5 Å². The van der Waals surface area contributed by atoms with E-state index in [1.54, 1.807) is 48.7 Å². The van der Waals surface area contributed by atoms with Crippen LogP contribution in [0.15, 0.2) is 66.0 Å². The molecular formula is C27H31N5O5S. The molecule has 200 valence electrons. The highest BCUT2D eigenvalue weighted by Gasteiger charge is 2.35. The number of Topliss-reactive ketones (excluding diaryl/α,β-unsaturated/α-hetero) is 1. The molecule has 1 fully saturated rings. The van der Waals surface area contributed by atoms with E-state index >= 15 is 0 Å². The monoisotopic (exact) mass is 537 g/mol. The highest BCUT2D eigenvalue weighted by atomic mass is 32.2. The lowest BCUT2D eigenvalue weighted by Crippen LogP contribution is -2.52. The number of nitrogens with one attached hydrogen (secondary N) is 2. The Labute approximate surface area is 221 Å². The number of ketones is 1. The summed E-state index contributed by atoms with van der Waals surface area (Å²) in [7, 11) is -3.94. The van der Waals surface area contributed by atoms with Crippen molar-refractivity contribution in [3.8, 4) is 0 Å². The third kappa shape index (κ3) is 6.22. The summed E-state index contributed by atoms with van der Waals surface area (Å²) in [4.78, 5) is 47.7. The number of carbonyl (C=O) groups is 3. The lowest BCUT2D eigenvalue weighted by molar-refractivity contribution is -0.129. The van der Waals surface area contributed by atoms with Crippen LogP contribution in [0.4, 0.5) is 0 Å². The number of hydrogen-bond acceptors (Lipinski definition) is 7. The van der Waals surface area contributed by atoms with E-state index < -0.39 is 39.7 Å². The Morgan fingerprint density at radius 1 is 1.05 bits per heavy atom. The molecule has 38 heavy (non-hydrogen) atoms. The van der Waals surface area contributed by atoms with E-state index in [2.05, 4.69) is 20.6 Å². The van der Waals surface area contributed by atoms with E-state index in [4.69, 9.17) is 0 Å². The van der Waals surface area contributed by atoms with Gasteiger partial charge in [0.15, 0.2) is 10.8 Å². The average Bonchev–Trinajstić information content (AvgIpc) is 3.09. The molecule has 4 rings (SSSR count). The summed E-state index contributed by atoms with van der Waals surface area (Å²) in [6, 6.07) is 11.6. The molecule has 0 spiro atoms. The zero-order valence-electron chi connectivity index (χ0n) is 21.3. The van der Waals surface area contributed by atoms with Crippen LogP contribution in [0, 0.1) is 5.92 Å². The molecule has 2 aromatic heterocycles. The number of carbonyl (C=O) groups excluding carboxylic acids is 3. The van der Waals surface area contributed by atoms with Crippen molar-refractivity contribution >= 4 is 38.5 Å². The Balaban J connectivity index is 1.47. The molecule has 3 aromatic rings. The van der Waals surface area contributed by atoms with Crippen molar-refractivity contribution < 1.29 is 22.8 Å². The van der Waals surface area contributed by atoms with Crippen LogP contribution in [-0.2, 0) is 19.6 Å². The molecule has 1 saturated heterocycles. The molecule has 1 aliphatic heterocycles. The van der Waals surface area contributed by atoms with Crippen molar-refractivity contribution in [3.63, 3.8) is 0 Å². The molecule has 1 aromatic carbocycles. The molecule has 11 heteroatoms. The second-order valence-electron chi connectivity index (χ2n) is 9.71. The molecule has 2 N–H and O–H groups in total. The maximum Gasteiger partial charge on any atom is 0.260 e. The van der Waals surface area contributed by atoms with Gasteiger partial charge in [-0.1, -0.05) is 32.0 Å². The molecule has 0 unspecified atom stereocenters. The number of rotatable bonds is 8. The second kappa shape index (κ2) is 11.8. The van der Waals surface area contributed by atoms with Gasteiger partial charge in [-0.3, -0.25) is 19.4 Å². The van der Waals surface area contributed by atoms with Crippen molar-refractivity contribution in [1.29, 1.82) is 0 Å². The van der Waals surface area contributed by atoms with Gasteiger partial charge in [-0.25, -0.2) is 13.4 Å². The summed E-state index contributed by atoms with van der Waals surface area (Å²) in [6.07, 6.45) is 4.06. The standard InChI is InChI=1S/C27H31N5O5S/c1-18(2)16-23(31-26(34)20-8-5-10-21-19(20)9-6-14-28-21)27(35)30-22-11-7-15-32(17-24(22)33)38(36,37)25-12-3-4-13-29-25/h3-6,8-10,12-14,18,22-23H,7,11,15-17H2,1-2H3,(H,30,35)(H,31,34)/t22-,23-/m0/s1. The number of sulfonamides is 1. The molecule has 1 aliphatic rings. The molecule has 0 aliphatic carbocycles. The first-order valence-electron chi connectivity index (χ1n) is 12.6. The largest absolute Gasteiger partial charge is 0.344 e. The minimum atomic E-state index is -3.94. The SMILES string of the molecule is CC(C)C[C@H](NC(=O)c1cccc2ncccc12)C(=O)N[C@H]1CCCN(S(=O)(=O)c2ccccn2)CC1=O. The summed E-state index contributed by atoms with van der Waals surface area (Å²) in [5.41, 5.74) is 1.07. The van der Waals surface area contributed by atoms with Crippen molar-refractivity contribution in [2.45, 2.75) is 50.2 Å². The predicted octanol–water partition coefficient (Wildman–Crippen LogP) is 2.31. The molecule has 2 atom stereocenters. The first kappa shape index (κ1) is 27.3. The van der Waals surface area contributed by atoms with Crippen LogP contribution >= 0.6 is 0 Å². The van der Waals surface area contributed by atoms with Crippen LogP contribution in [0.25, 0.3) is 10.9 Å². The molecule has 2 amide bonds. The number of hydrogen-bond donors (Lipinski definition) is 2. The lowest BCUT2D eigenvalue weighted by Gasteiger charge is -2.24. The van der Waals surface area contributed by atoms with Gasteiger partial charge < -0.3 is 10.6 Å². The Bertz CT molecular complexity index is 1420. The smallest absolute Gasteiger partial charge is 0.260 e. The molecule has 10 nitrogen and oxygen atoms in total. The van der Waals surface area contributed by atoms with E-state index in [9.17, 15) is 22.8 Å². The van der Waals surface area contributed by atoms with Crippen molar-refractivity contribution in [3.05, 3.63) is 66.5 Å². The third-order valence-corrected chi connectivity index (χ3v) is 8.16. The van der Waals surface area contributed by atoms with Crippen molar-refractivity contribution in [2.24, 2.45) is 5.92 Å². The molecule has 0 radical (unpaired) electrons. The minimum Gasteiger partial charge on any atom is -0.344 e. The van der Waals surface area contributed by atoms with Crippen molar-refractivity contribution in [1.82, 2.24) is 24.9 Å². The first-order valence-corrected chi connectivity index (χ1v) is 14.0. The van der Waals surface area contributed by atoms with Gasteiger partial charge in [0, 0.05) is 29.9 Å². The van der Waals surface area contributed by atoms with E-state index in [1.807, 2.05) is 13.8 Å². The van der Waals surface area contributed by atoms with Gasteiger partial charge in [0.25, 0.3) is 15.9 Å². The van der Waals surface area contributed by atoms with E-state index in [1.165, 1.54) is 12.3 Å². The summed E-state index contributed by atoms with van der Waals surface area (Å²) in [6.45, 7) is 3.64. The quantitative estimate of drug-likeness (QED) is 0.450. The highest BCUT2D eigenvalue weighted by Crippen LogP contribution is 2.19. The average molecular weight is 538 g/mol. The second-order valence-corrected chi connectivity index (χ2v) is 11.6. The fraction of sp³-hybridized carbons (Fsp3) is 0.370. The van der Waals surface area contributed by atoms with Crippen LogP contribution in [0.5, 0.6) is 0 Å². The van der Waals surface area contributed by atoms with Crippen LogP contribution in [0.2, 0.25) is 0 Å². The Hall–Kier alpha value is -3.70. The first-order chi connectivity index (χ1) is 18.2. The van der Waals surface area contributed by atoms with Gasteiger partial charge in [-0.15, -0.1) is 0 Å². The molecule has 3 heterocycles. The fourth-order valence-corrected chi connectivity index (χ4v) is 5.87. The number of aromatic nitrogens is 2. The zero-order chi connectivity index (χ0) is 27.3. The van der Waals surface area contributed by atoms with Gasteiger partial charge in [0.1, 0.15) is 6.04 Å². The van der Waals surface area contributed by atoms with Crippen LogP contribution in [0.1, 0.15) is 43.5 Å². The third-order valence-electron chi connectivity index (χ3n) is 6.40. The Morgan fingerprint density at radius 3 is 2.58 bits per heavy atom. The molecule has 0 bridgehead atoms. The number of benzene rings is 1. The predicted molar refractivity (Wildman–Crippen MR) is 142 cm³/mol. The molecular weight excluding hydrogens is 506 g/mol. The number of fused-ring (bicyclic) bond motifs is 1. The van der Waals surface area contributed by atoms with Crippen LogP contribution < -0.4 is 10.6 Å². The topological polar surface area (TPSA) is 138 Å². The van der Waals surface area contributed by atoms with E-state index in [0.29, 0.717) is 29.3 Å². The maximum absolute atomic E-state index is 13.3. The number of pyridine rings is 2. The lowest BCUT2D eigenvalue weighted by atomic mass is 10.0. The number of nitrogens with zero attached hydrogens (tertiary/aromatic N) is 3. The van der Waals surface area contributed by atoms with E-state index in [-0.39, 0.29) is 30.5 Å². The van der Waals surface area contributed by atoms with Gasteiger partial charge in [0.05, 0.1) is 18.1 Å². The Kier molecular flexibility index (Phi) is 8.48.